The monoisotopic (exact) mass is 491 g/mol. The summed E-state index contributed by atoms with van der Waals surface area (Å²) in [5.41, 5.74) is 2.58. The van der Waals surface area contributed by atoms with Gasteiger partial charge in [-0.15, -0.1) is 10.2 Å². The number of carbonyl (C=O) groups excluding carboxylic acids is 2. The second kappa shape index (κ2) is 11.3. The lowest BCUT2D eigenvalue weighted by Crippen LogP contribution is -2.52. The molecular formula is C27H30ClN5O2. The Hall–Kier alpha value is -3.45. The second-order valence-corrected chi connectivity index (χ2v) is 9.37. The molecule has 35 heavy (non-hydrogen) atoms. The van der Waals surface area contributed by atoms with Gasteiger partial charge in [0.25, 0.3) is 0 Å². The molecule has 4 rings (SSSR count). The van der Waals surface area contributed by atoms with Crippen molar-refractivity contribution < 1.29 is 9.59 Å². The van der Waals surface area contributed by atoms with Gasteiger partial charge in [-0.3, -0.25) is 9.59 Å². The van der Waals surface area contributed by atoms with E-state index >= 15 is 0 Å². The van der Waals surface area contributed by atoms with Gasteiger partial charge < -0.3 is 14.7 Å². The first-order chi connectivity index (χ1) is 16.9. The molecule has 0 unspecified atom stereocenters. The van der Waals surface area contributed by atoms with Gasteiger partial charge in [-0.25, -0.2) is 0 Å². The van der Waals surface area contributed by atoms with Crippen LogP contribution in [0.5, 0.6) is 0 Å². The maximum absolute atomic E-state index is 13.1. The summed E-state index contributed by atoms with van der Waals surface area (Å²) >= 11 is 6.27. The number of amides is 2. The molecule has 0 aliphatic carbocycles. The molecule has 0 spiro atoms. The van der Waals surface area contributed by atoms with Gasteiger partial charge in [-0.1, -0.05) is 74.0 Å². The predicted molar refractivity (Wildman–Crippen MR) is 138 cm³/mol. The number of halogens is 1. The zero-order chi connectivity index (χ0) is 24.8. The van der Waals surface area contributed by atoms with Gasteiger partial charge in [-0.2, -0.15) is 0 Å². The topological polar surface area (TPSA) is 69.6 Å². The molecule has 0 N–H and O–H groups in total. The lowest BCUT2D eigenvalue weighted by atomic mass is 10.1. The van der Waals surface area contributed by atoms with Crippen LogP contribution in [0.4, 0.5) is 5.82 Å². The van der Waals surface area contributed by atoms with Crippen LogP contribution in [-0.2, 0) is 16.1 Å². The Balaban J connectivity index is 1.35. The van der Waals surface area contributed by atoms with Crippen LogP contribution in [0, 0.1) is 5.92 Å². The summed E-state index contributed by atoms with van der Waals surface area (Å²) in [6.07, 6.45) is 0. The molecule has 2 heterocycles. The van der Waals surface area contributed by atoms with Gasteiger partial charge in [0.2, 0.25) is 11.8 Å². The van der Waals surface area contributed by atoms with Gasteiger partial charge in [0, 0.05) is 44.2 Å². The van der Waals surface area contributed by atoms with Crippen molar-refractivity contribution in [3.63, 3.8) is 0 Å². The molecule has 0 atom stereocenters. The van der Waals surface area contributed by atoms with Crippen molar-refractivity contribution in [2.45, 2.75) is 20.4 Å². The fourth-order valence-electron chi connectivity index (χ4n) is 4.14. The fourth-order valence-corrected chi connectivity index (χ4v) is 4.37. The standard InChI is InChI=1S/C27H30ClN5O2/c1-20(2)27(35)33(18-21-8-4-3-5-9-21)19-26(34)32-16-14-31(15-17-32)25-13-12-24(29-30-25)22-10-6-7-11-23(22)28/h3-13,20H,14-19H2,1-2H3. The van der Waals surface area contributed by atoms with Crippen molar-refractivity contribution in [2.24, 2.45) is 5.92 Å². The van der Waals surface area contributed by atoms with Crippen LogP contribution >= 0.6 is 11.6 Å². The molecule has 1 aliphatic heterocycles. The minimum absolute atomic E-state index is 0.0188. The zero-order valence-corrected chi connectivity index (χ0v) is 20.9. The normalized spacial score (nSPS) is 13.7. The molecule has 0 bridgehead atoms. The molecule has 1 aromatic heterocycles. The molecule has 182 valence electrons. The van der Waals surface area contributed by atoms with Crippen molar-refractivity contribution in [3.8, 4) is 11.3 Å². The highest BCUT2D eigenvalue weighted by atomic mass is 35.5. The average molecular weight is 492 g/mol. The van der Waals surface area contributed by atoms with E-state index in [0.717, 1.165) is 22.6 Å². The van der Waals surface area contributed by atoms with E-state index in [4.69, 9.17) is 11.6 Å². The summed E-state index contributed by atoms with van der Waals surface area (Å²) in [6, 6.07) is 21.2. The first-order valence-corrected chi connectivity index (χ1v) is 12.2. The number of hydrogen-bond donors (Lipinski definition) is 0. The number of rotatable bonds is 7. The number of anilines is 1. The predicted octanol–water partition coefficient (Wildman–Crippen LogP) is 4.13. The largest absolute Gasteiger partial charge is 0.352 e. The maximum Gasteiger partial charge on any atom is 0.242 e. The van der Waals surface area contributed by atoms with Gasteiger partial charge >= 0.3 is 0 Å². The quantitative estimate of drug-likeness (QED) is 0.497. The van der Waals surface area contributed by atoms with Crippen LogP contribution in [0.2, 0.25) is 5.02 Å². The van der Waals surface area contributed by atoms with Crippen molar-refractivity contribution in [3.05, 3.63) is 77.3 Å². The molecule has 1 fully saturated rings. The van der Waals surface area contributed by atoms with Crippen LogP contribution in [0.25, 0.3) is 11.3 Å². The summed E-state index contributed by atoms with van der Waals surface area (Å²) in [5.74, 6) is 0.550. The molecule has 8 heteroatoms. The van der Waals surface area contributed by atoms with Crippen molar-refractivity contribution in [2.75, 3.05) is 37.6 Å². The smallest absolute Gasteiger partial charge is 0.242 e. The number of benzene rings is 2. The minimum atomic E-state index is -0.171. The summed E-state index contributed by atoms with van der Waals surface area (Å²) in [4.78, 5) is 31.5. The highest BCUT2D eigenvalue weighted by molar-refractivity contribution is 6.33. The number of aromatic nitrogens is 2. The first-order valence-electron chi connectivity index (χ1n) is 11.9. The zero-order valence-electron chi connectivity index (χ0n) is 20.1. The van der Waals surface area contributed by atoms with E-state index in [1.54, 1.807) is 4.90 Å². The average Bonchev–Trinajstić information content (AvgIpc) is 2.89. The molecule has 2 amide bonds. The molecule has 1 saturated heterocycles. The molecule has 0 radical (unpaired) electrons. The molecule has 1 aliphatic rings. The third kappa shape index (κ3) is 6.17. The summed E-state index contributed by atoms with van der Waals surface area (Å²) < 4.78 is 0. The third-order valence-electron chi connectivity index (χ3n) is 6.10. The van der Waals surface area contributed by atoms with Crippen LogP contribution in [0.1, 0.15) is 19.4 Å². The third-order valence-corrected chi connectivity index (χ3v) is 6.43. The SMILES string of the molecule is CC(C)C(=O)N(CC(=O)N1CCN(c2ccc(-c3ccccc3Cl)nn2)CC1)Cc1ccccc1. The van der Waals surface area contributed by atoms with Gasteiger partial charge in [0.15, 0.2) is 5.82 Å². The molecule has 3 aromatic rings. The number of nitrogens with zero attached hydrogens (tertiary/aromatic N) is 5. The van der Waals surface area contributed by atoms with E-state index in [0.29, 0.717) is 37.7 Å². The Morgan fingerprint density at radius 1 is 0.914 bits per heavy atom. The van der Waals surface area contributed by atoms with Crippen LogP contribution in [0.3, 0.4) is 0 Å². The number of carbonyl (C=O) groups is 2. The van der Waals surface area contributed by atoms with Crippen LogP contribution in [0.15, 0.2) is 66.7 Å². The number of hydrogen-bond acceptors (Lipinski definition) is 5. The summed E-state index contributed by atoms with van der Waals surface area (Å²) in [5, 5.41) is 9.38. The molecule has 7 nitrogen and oxygen atoms in total. The Morgan fingerprint density at radius 2 is 1.60 bits per heavy atom. The highest BCUT2D eigenvalue weighted by Gasteiger charge is 2.26. The highest BCUT2D eigenvalue weighted by Crippen LogP contribution is 2.26. The van der Waals surface area contributed by atoms with E-state index in [1.807, 2.05) is 85.5 Å². The Labute approximate surface area is 211 Å². The van der Waals surface area contributed by atoms with Crippen LogP contribution in [-0.4, -0.2) is 64.5 Å². The molecular weight excluding hydrogens is 462 g/mol. The van der Waals surface area contributed by atoms with E-state index < -0.39 is 0 Å². The second-order valence-electron chi connectivity index (χ2n) is 8.96. The molecule has 2 aromatic carbocycles. The number of piperazine rings is 1. The summed E-state index contributed by atoms with van der Waals surface area (Å²) in [6.45, 7) is 6.69. The lowest BCUT2D eigenvalue weighted by Gasteiger charge is -2.36. The van der Waals surface area contributed by atoms with E-state index in [1.165, 1.54) is 0 Å². The van der Waals surface area contributed by atoms with Crippen molar-refractivity contribution in [1.82, 2.24) is 20.0 Å². The van der Waals surface area contributed by atoms with E-state index in [2.05, 4.69) is 15.1 Å². The summed E-state index contributed by atoms with van der Waals surface area (Å²) in [7, 11) is 0. The Bertz CT molecular complexity index is 1150. The Kier molecular flexibility index (Phi) is 7.98. The van der Waals surface area contributed by atoms with Crippen molar-refractivity contribution in [1.29, 1.82) is 0 Å². The Morgan fingerprint density at radius 3 is 2.23 bits per heavy atom. The van der Waals surface area contributed by atoms with Gasteiger partial charge in [0.05, 0.1) is 10.7 Å². The van der Waals surface area contributed by atoms with Crippen molar-refractivity contribution >= 4 is 29.2 Å². The van der Waals surface area contributed by atoms with Crippen LogP contribution < -0.4 is 4.90 Å². The maximum atomic E-state index is 13.1. The first kappa shape index (κ1) is 24.7. The van der Waals surface area contributed by atoms with E-state index in [-0.39, 0.29) is 24.3 Å². The lowest BCUT2D eigenvalue weighted by molar-refractivity contribution is -0.143. The fraction of sp³-hybridized carbons (Fsp3) is 0.333. The van der Waals surface area contributed by atoms with E-state index in [9.17, 15) is 9.59 Å². The molecule has 0 saturated carbocycles. The van der Waals surface area contributed by atoms with Gasteiger partial charge in [0.1, 0.15) is 6.54 Å². The van der Waals surface area contributed by atoms with Gasteiger partial charge in [-0.05, 0) is 23.8 Å². The minimum Gasteiger partial charge on any atom is -0.352 e.